The van der Waals surface area contributed by atoms with Crippen LogP contribution in [0.2, 0.25) is 0 Å². The van der Waals surface area contributed by atoms with Crippen LogP contribution in [0.4, 0.5) is 0 Å². The fourth-order valence-corrected chi connectivity index (χ4v) is 1.66. The van der Waals surface area contributed by atoms with E-state index >= 15 is 0 Å². The second-order valence-electron chi connectivity index (χ2n) is 4.30. The Balaban J connectivity index is 2.60. The van der Waals surface area contributed by atoms with Gasteiger partial charge in [-0.2, -0.15) is 0 Å². The lowest BCUT2D eigenvalue weighted by molar-refractivity contribution is -0.137. The molecule has 2 atom stereocenters. The van der Waals surface area contributed by atoms with Crippen LogP contribution in [0.5, 0.6) is 0 Å². The molecule has 0 bridgehead atoms. The van der Waals surface area contributed by atoms with Gasteiger partial charge in [0.2, 0.25) is 5.91 Å². The highest BCUT2D eigenvalue weighted by Gasteiger charge is 2.27. The highest BCUT2D eigenvalue weighted by atomic mass is 16.2. The predicted octanol–water partition coefficient (Wildman–Crippen LogP) is 0.851. The third kappa shape index (κ3) is 2.44. The number of nitrogens with one attached hydrogen (secondary N) is 1. The summed E-state index contributed by atoms with van der Waals surface area (Å²) in [6.45, 7) is 9.90. The van der Waals surface area contributed by atoms with Gasteiger partial charge in [0.25, 0.3) is 0 Å². The number of carbonyl (C=O) groups is 1. The summed E-state index contributed by atoms with van der Waals surface area (Å²) in [4.78, 5) is 13.7. The van der Waals surface area contributed by atoms with Crippen molar-refractivity contribution in [3.63, 3.8) is 0 Å². The second-order valence-corrected chi connectivity index (χ2v) is 4.30. The monoisotopic (exact) mass is 184 g/mol. The molecule has 0 radical (unpaired) electrons. The van der Waals surface area contributed by atoms with Crippen molar-refractivity contribution >= 4 is 5.91 Å². The van der Waals surface area contributed by atoms with E-state index in [-0.39, 0.29) is 11.8 Å². The largest absolute Gasteiger partial charge is 0.337 e. The van der Waals surface area contributed by atoms with E-state index in [0.29, 0.717) is 12.1 Å². The molecule has 1 N–H and O–H groups in total. The van der Waals surface area contributed by atoms with Crippen molar-refractivity contribution in [2.24, 2.45) is 5.92 Å². The smallest absolute Gasteiger partial charge is 0.225 e. The quantitative estimate of drug-likeness (QED) is 0.655. The van der Waals surface area contributed by atoms with Crippen molar-refractivity contribution < 1.29 is 4.79 Å². The Labute approximate surface area is 80.5 Å². The second kappa shape index (κ2) is 4.09. The summed E-state index contributed by atoms with van der Waals surface area (Å²) in [6.07, 6.45) is 0. The number of hydrogen-bond acceptors (Lipinski definition) is 2. The zero-order valence-electron chi connectivity index (χ0n) is 9.00. The number of carbonyl (C=O) groups excluding carboxylic acids is 1. The van der Waals surface area contributed by atoms with E-state index in [1.165, 1.54) is 0 Å². The van der Waals surface area contributed by atoms with Gasteiger partial charge in [-0.15, -0.1) is 0 Å². The van der Waals surface area contributed by atoms with Crippen molar-refractivity contribution in [2.75, 3.05) is 13.1 Å². The molecule has 0 aromatic heterocycles. The van der Waals surface area contributed by atoms with E-state index in [4.69, 9.17) is 0 Å². The van der Waals surface area contributed by atoms with Crippen LogP contribution in [0.15, 0.2) is 0 Å². The molecule has 0 aliphatic carbocycles. The lowest BCUT2D eigenvalue weighted by Crippen LogP contribution is -2.57. The Bertz CT molecular complexity index is 191. The van der Waals surface area contributed by atoms with Gasteiger partial charge in [-0.1, -0.05) is 13.8 Å². The van der Waals surface area contributed by atoms with E-state index in [2.05, 4.69) is 19.2 Å². The predicted molar refractivity (Wildman–Crippen MR) is 53.5 cm³/mol. The summed E-state index contributed by atoms with van der Waals surface area (Å²) in [7, 11) is 0. The Morgan fingerprint density at radius 2 is 2.08 bits per heavy atom. The number of hydrogen-bond donors (Lipinski definition) is 1. The summed E-state index contributed by atoms with van der Waals surface area (Å²) in [5.74, 6) is 0.397. The van der Waals surface area contributed by atoms with Crippen LogP contribution < -0.4 is 5.32 Å². The van der Waals surface area contributed by atoms with E-state index in [0.717, 1.165) is 13.1 Å². The summed E-state index contributed by atoms with van der Waals surface area (Å²) < 4.78 is 0. The zero-order chi connectivity index (χ0) is 10.0. The number of nitrogens with zero attached hydrogens (tertiary/aromatic N) is 1. The topological polar surface area (TPSA) is 32.3 Å². The maximum absolute atomic E-state index is 11.8. The third-order valence-electron chi connectivity index (χ3n) is 2.54. The third-order valence-corrected chi connectivity index (χ3v) is 2.54. The normalized spacial score (nSPS) is 29.5. The Morgan fingerprint density at radius 3 is 2.62 bits per heavy atom. The SMILES string of the molecule is CC(C)C(=O)N1C[C@H](C)NC[C@@H]1C. The molecule has 1 amide bonds. The molecular formula is C10H20N2O. The maximum Gasteiger partial charge on any atom is 0.225 e. The Hall–Kier alpha value is -0.570. The fourth-order valence-electron chi connectivity index (χ4n) is 1.66. The minimum absolute atomic E-state index is 0.118. The van der Waals surface area contributed by atoms with Crippen LogP contribution in [-0.4, -0.2) is 36.0 Å². The first-order valence-corrected chi connectivity index (χ1v) is 5.06. The first kappa shape index (κ1) is 10.5. The molecular weight excluding hydrogens is 164 g/mol. The lowest BCUT2D eigenvalue weighted by Gasteiger charge is -2.38. The summed E-state index contributed by atoms with van der Waals surface area (Å²) in [5.41, 5.74) is 0. The fraction of sp³-hybridized carbons (Fsp3) is 0.900. The van der Waals surface area contributed by atoms with Gasteiger partial charge < -0.3 is 10.2 Å². The molecule has 1 rings (SSSR count). The zero-order valence-corrected chi connectivity index (χ0v) is 9.00. The molecule has 0 unspecified atom stereocenters. The van der Waals surface area contributed by atoms with Gasteiger partial charge in [-0.05, 0) is 13.8 Å². The minimum Gasteiger partial charge on any atom is -0.337 e. The van der Waals surface area contributed by atoms with Gasteiger partial charge >= 0.3 is 0 Å². The highest BCUT2D eigenvalue weighted by Crippen LogP contribution is 2.10. The van der Waals surface area contributed by atoms with Crippen LogP contribution in [0.3, 0.4) is 0 Å². The first-order chi connectivity index (χ1) is 6.02. The van der Waals surface area contributed by atoms with Crippen LogP contribution in [-0.2, 0) is 4.79 Å². The van der Waals surface area contributed by atoms with Crippen LogP contribution in [0.1, 0.15) is 27.7 Å². The molecule has 1 aliphatic rings. The molecule has 0 aromatic rings. The van der Waals surface area contributed by atoms with Crippen molar-refractivity contribution in [1.82, 2.24) is 10.2 Å². The van der Waals surface area contributed by atoms with E-state index in [9.17, 15) is 4.79 Å². The van der Waals surface area contributed by atoms with E-state index in [1.807, 2.05) is 18.7 Å². The number of rotatable bonds is 1. The Kier molecular flexibility index (Phi) is 3.31. The average molecular weight is 184 g/mol. The summed E-state index contributed by atoms with van der Waals surface area (Å²) in [6, 6.07) is 0.769. The highest BCUT2D eigenvalue weighted by molar-refractivity contribution is 5.78. The van der Waals surface area contributed by atoms with Crippen molar-refractivity contribution in [3.8, 4) is 0 Å². The van der Waals surface area contributed by atoms with Crippen LogP contribution >= 0.6 is 0 Å². The van der Waals surface area contributed by atoms with E-state index in [1.54, 1.807) is 0 Å². The van der Waals surface area contributed by atoms with Gasteiger partial charge in [0, 0.05) is 31.1 Å². The van der Waals surface area contributed by atoms with Crippen LogP contribution in [0.25, 0.3) is 0 Å². The molecule has 1 aliphatic heterocycles. The molecule has 0 spiro atoms. The molecule has 1 saturated heterocycles. The molecule has 3 heteroatoms. The van der Waals surface area contributed by atoms with Crippen molar-refractivity contribution in [1.29, 1.82) is 0 Å². The minimum atomic E-state index is 0.118. The Morgan fingerprint density at radius 1 is 1.46 bits per heavy atom. The molecule has 13 heavy (non-hydrogen) atoms. The van der Waals surface area contributed by atoms with Gasteiger partial charge in [0.05, 0.1) is 0 Å². The average Bonchev–Trinajstić information content (AvgIpc) is 2.08. The molecule has 0 saturated carbocycles. The first-order valence-electron chi connectivity index (χ1n) is 5.06. The standard InChI is InChI=1S/C10H20N2O/c1-7(2)10(13)12-6-8(3)11-5-9(12)4/h7-9,11H,5-6H2,1-4H3/t8-,9-/m0/s1. The molecule has 1 fully saturated rings. The van der Waals surface area contributed by atoms with Crippen molar-refractivity contribution in [2.45, 2.75) is 39.8 Å². The van der Waals surface area contributed by atoms with Gasteiger partial charge in [0.1, 0.15) is 0 Å². The molecule has 1 heterocycles. The number of piperazine rings is 1. The lowest BCUT2D eigenvalue weighted by atomic mass is 10.1. The summed E-state index contributed by atoms with van der Waals surface area (Å²) in [5, 5.41) is 3.36. The van der Waals surface area contributed by atoms with Gasteiger partial charge in [-0.25, -0.2) is 0 Å². The molecule has 3 nitrogen and oxygen atoms in total. The maximum atomic E-state index is 11.8. The molecule has 0 aromatic carbocycles. The van der Waals surface area contributed by atoms with Gasteiger partial charge in [-0.3, -0.25) is 4.79 Å². The van der Waals surface area contributed by atoms with E-state index < -0.39 is 0 Å². The number of amides is 1. The molecule has 76 valence electrons. The van der Waals surface area contributed by atoms with Gasteiger partial charge in [0.15, 0.2) is 0 Å². The summed E-state index contributed by atoms with van der Waals surface area (Å²) >= 11 is 0. The van der Waals surface area contributed by atoms with Crippen LogP contribution in [0, 0.1) is 5.92 Å². The van der Waals surface area contributed by atoms with Crippen molar-refractivity contribution in [3.05, 3.63) is 0 Å².